The fourth-order valence-electron chi connectivity index (χ4n) is 3.00. The van der Waals surface area contributed by atoms with E-state index in [0.29, 0.717) is 10.6 Å². The number of hydrogen-bond acceptors (Lipinski definition) is 2. The van der Waals surface area contributed by atoms with Gasteiger partial charge < -0.3 is 4.74 Å². The highest BCUT2D eigenvalue weighted by Gasteiger charge is 2.53. The SMILES string of the molecule is CC1(C)CC2(CC2)c2cc(C=O)cc(Cl)c2O1. The number of benzene rings is 1. The van der Waals surface area contributed by atoms with Gasteiger partial charge in [0.1, 0.15) is 17.6 Å². The summed E-state index contributed by atoms with van der Waals surface area (Å²) in [5.74, 6) is 0.783. The summed E-state index contributed by atoms with van der Waals surface area (Å²) in [6.07, 6.45) is 4.20. The van der Waals surface area contributed by atoms with E-state index in [1.54, 1.807) is 6.07 Å². The van der Waals surface area contributed by atoms with Crippen LogP contribution in [0.1, 0.15) is 49.0 Å². The van der Waals surface area contributed by atoms with Crippen molar-refractivity contribution >= 4 is 17.9 Å². The summed E-state index contributed by atoms with van der Waals surface area (Å²) >= 11 is 6.22. The van der Waals surface area contributed by atoms with Crippen molar-refractivity contribution in [3.8, 4) is 5.75 Å². The van der Waals surface area contributed by atoms with Gasteiger partial charge in [0.2, 0.25) is 0 Å². The van der Waals surface area contributed by atoms with E-state index < -0.39 is 0 Å². The van der Waals surface area contributed by atoms with Crippen LogP contribution in [-0.4, -0.2) is 11.9 Å². The first kappa shape index (κ1) is 11.1. The van der Waals surface area contributed by atoms with Crippen molar-refractivity contribution in [1.82, 2.24) is 0 Å². The van der Waals surface area contributed by atoms with E-state index in [0.717, 1.165) is 24.0 Å². The van der Waals surface area contributed by atoms with Crippen LogP contribution >= 0.6 is 11.6 Å². The van der Waals surface area contributed by atoms with Crippen molar-refractivity contribution < 1.29 is 9.53 Å². The fraction of sp³-hybridized carbons (Fsp3) is 0.500. The second-order valence-electron chi connectivity index (χ2n) is 5.82. The minimum Gasteiger partial charge on any atom is -0.486 e. The predicted molar refractivity (Wildman–Crippen MR) is 67.1 cm³/mol. The number of hydrogen-bond donors (Lipinski definition) is 0. The van der Waals surface area contributed by atoms with E-state index in [-0.39, 0.29) is 11.0 Å². The highest BCUT2D eigenvalue weighted by molar-refractivity contribution is 6.32. The first-order chi connectivity index (χ1) is 7.96. The van der Waals surface area contributed by atoms with Gasteiger partial charge in [-0.2, -0.15) is 0 Å². The zero-order valence-corrected chi connectivity index (χ0v) is 10.8. The Morgan fingerprint density at radius 2 is 2.06 bits per heavy atom. The maximum atomic E-state index is 10.9. The number of ether oxygens (including phenoxy) is 1. The molecule has 0 radical (unpaired) electrons. The first-order valence-corrected chi connectivity index (χ1v) is 6.32. The molecule has 0 saturated heterocycles. The van der Waals surface area contributed by atoms with Gasteiger partial charge in [0.15, 0.2) is 0 Å². The largest absolute Gasteiger partial charge is 0.486 e. The predicted octanol–water partition coefficient (Wildman–Crippen LogP) is 3.75. The van der Waals surface area contributed by atoms with Crippen molar-refractivity contribution in [1.29, 1.82) is 0 Å². The van der Waals surface area contributed by atoms with Gasteiger partial charge in [-0.3, -0.25) is 4.79 Å². The fourth-order valence-corrected chi connectivity index (χ4v) is 3.27. The molecule has 0 atom stereocenters. The molecule has 0 amide bonds. The van der Waals surface area contributed by atoms with Gasteiger partial charge in [-0.1, -0.05) is 11.6 Å². The molecule has 1 aromatic carbocycles. The van der Waals surface area contributed by atoms with Crippen molar-refractivity contribution in [2.24, 2.45) is 0 Å². The summed E-state index contributed by atoms with van der Waals surface area (Å²) in [7, 11) is 0. The lowest BCUT2D eigenvalue weighted by molar-refractivity contribution is 0.0671. The van der Waals surface area contributed by atoms with Gasteiger partial charge >= 0.3 is 0 Å². The van der Waals surface area contributed by atoms with Crippen LogP contribution in [-0.2, 0) is 5.41 Å². The Balaban J connectivity index is 2.20. The number of carbonyl (C=O) groups is 1. The molecule has 0 bridgehead atoms. The van der Waals surface area contributed by atoms with Crippen LogP contribution in [0.2, 0.25) is 5.02 Å². The van der Waals surface area contributed by atoms with Crippen molar-refractivity contribution in [2.75, 3.05) is 0 Å². The lowest BCUT2D eigenvalue weighted by Crippen LogP contribution is -2.38. The molecule has 0 N–H and O–H groups in total. The molecule has 1 spiro atoms. The third kappa shape index (κ3) is 1.66. The van der Waals surface area contributed by atoms with Gasteiger partial charge in [0.05, 0.1) is 5.02 Å². The third-order valence-corrected chi connectivity index (χ3v) is 4.05. The highest BCUT2D eigenvalue weighted by Crippen LogP contribution is 2.60. The molecule has 0 unspecified atom stereocenters. The number of rotatable bonds is 1. The Labute approximate surface area is 106 Å². The Hall–Kier alpha value is -1.02. The molecule has 1 aliphatic carbocycles. The zero-order valence-electron chi connectivity index (χ0n) is 10.0. The van der Waals surface area contributed by atoms with Crippen LogP contribution in [0.4, 0.5) is 0 Å². The molecule has 17 heavy (non-hydrogen) atoms. The third-order valence-electron chi connectivity index (χ3n) is 3.77. The first-order valence-electron chi connectivity index (χ1n) is 5.94. The van der Waals surface area contributed by atoms with Crippen LogP contribution < -0.4 is 4.74 Å². The Bertz CT molecular complexity index is 501. The number of aldehydes is 1. The number of fused-ring (bicyclic) bond motifs is 2. The summed E-state index contributed by atoms with van der Waals surface area (Å²) in [4.78, 5) is 10.9. The molecule has 2 aliphatic rings. The van der Waals surface area contributed by atoms with Gasteiger partial charge in [-0.25, -0.2) is 0 Å². The molecular formula is C14H15ClO2. The monoisotopic (exact) mass is 250 g/mol. The Kier molecular flexibility index (Phi) is 2.13. The molecule has 1 saturated carbocycles. The summed E-state index contributed by atoms with van der Waals surface area (Å²) in [6.45, 7) is 4.19. The smallest absolute Gasteiger partial charge is 0.150 e. The molecule has 1 aliphatic heterocycles. The van der Waals surface area contributed by atoms with Crippen LogP contribution in [0.15, 0.2) is 12.1 Å². The minimum absolute atomic E-state index is 0.171. The van der Waals surface area contributed by atoms with E-state index in [4.69, 9.17) is 16.3 Å². The molecule has 2 nitrogen and oxygen atoms in total. The van der Waals surface area contributed by atoms with E-state index in [9.17, 15) is 4.79 Å². The zero-order chi connectivity index (χ0) is 12.3. The van der Waals surface area contributed by atoms with Crippen LogP contribution in [0, 0.1) is 0 Å². The maximum absolute atomic E-state index is 10.9. The van der Waals surface area contributed by atoms with Gasteiger partial charge in [-0.05, 0) is 45.2 Å². The van der Waals surface area contributed by atoms with E-state index in [1.165, 1.54) is 12.8 Å². The molecule has 3 rings (SSSR count). The van der Waals surface area contributed by atoms with Gasteiger partial charge in [0.25, 0.3) is 0 Å². The minimum atomic E-state index is -0.171. The lowest BCUT2D eigenvalue weighted by Gasteiger charge is -2.38. The van der Waals surface area contributed by atoms with Gasteiger partial charge in [0, 0.05) is 16.5 Å². The number of carbonyl (C=O) groups excluding carboxylic acids is 1. The highest BCUT2D eigenvalue weighted by atomic mass is 35.5. The van der Waals surface area contributed by atoms with Crippen molar-refractivity contribution in [3.05, 3.63) is 28.3 Å². The summed E-state index contributed by atoms with van der Waals surface area (Å²) in [5, 5.41) is 0.559. The standard InChI is InChI=1S/C14H15ClO2/c1-13(2)8-14(3-4-14)10-5-9(7-16)6-11(15)12(10)17-13/h5-7H,3-4,8H2,1-2H3. The van der Waals surface area contributed by atoms with Crippen molar-refractivity contribution in [3.63, 3.8) is 0 Å². The topological polar surface area (TPSA) is 26.3 Å². The molecular weight excluding hydrogens is 236 g/mol. The Morgan fingerprint density at radius 1 is 1.35 bits per heavy atom. The molecule has 90 valence electrons. The second kappa shape index (κ2) is 3.26. The molecule has 1 aromatic rings. The molecule has 3 heteroatoms. The Morgan fingerprint density at radius 3 is 2.65 bits per heavy atom. The average Bonchev–Trinajstić information content (AvgIpc) is 2.99. The van der Waals surface area contributed by atoms with Crippen LogP contribution in [0.3, 0.4) is 0 Å². The van der Waals surface area contributed by atoms with Gasteiger partial charge in [-0.15, -0.1) is 0 Å². The molecule has 0 aromatic heterocycles. The van der Waals surface area contributed by atoms with E-state index >= 15 is 0 Å². The summed E-state index contributed by atoms with van der Waals surface area (Å²) in [5.41, 5.74) is 1.81. The number of halogens is 1. The maximum Gasteiger partial charge on any atom is 0.150 e. The second-order valence-corrected chi connectivity index (χ2v) is 6.22. The summed E-state index contributed by atoms with van der Waals surface area (Å²) in [6, 6.07) is 3.63. The van der Waals surface area contributed by atoms with Crippen LogP contribution in [0.5, 0.6) is 5.75 Å². The van der Waals surface area contributed by atoms with E-state index in [1.807, 2.05) is 6.07 Å². The van der Waals surface area contributed by atoms with Crippen LogP contribution in [0.25, 0.3) is 0 Å². The molecule has 1 fully saturated rings. The lowest BCUT2D eigenvalue weighted by atomic mass is 9.81. The van der Waals surface area contributed by atoms with Crippen molar-refractivity contribution in [2.45, 2.75) is 44.1 Å². The molecule has 1 heterocycles. The van der Waals surface area contributed by atoms with E-state index in [2.05, 4.69) is 13.8 Å². The normalized spacial score (nSPS) is 22.8. The quantitative estimate of drug-likeness (QED) is 0.710. The average molecular weight is 251 g/mol. The summed E-state index contributed by atoms with van der Waals surface area (Å²) < 4.78 is 5.98.